The van der Waals surface area contributed by atoms with Crippen molar-refractivity contribution in [2.24, 2.45) is 5.92 Å². The third-order valence-electron chi connectivity index (χ3n) is 11.7. The third-order valence-corrected chi connectivity index (χ3v) is 12.3. The van der Waals surface area contributed by atoms with E-state index in [0.717, 1.165) is 40.3 Å². The van der Waals surface area contributed by atoms with Gasteiger partial charge in [-0.2, -0.15) is 18.4 Å². The molecule has 3 heterocycles. The lowest BCUT2D eigenvalue weighted by Gasteiger charge is -2.43. The van der Waals surface area contributed by atoms with Crippen molar-refractivity contribution in [2.75, 3.05) is 42.6 Å². The molecule has 3 aliphatic rings. The minimum atomic E-state index is -4.80. The quantitative estimate of drug-likeness (QED) is 0.137. The molecule has 61 heavy (non-hydrogen) atoms. The number of imide groups is 1. The van der Waals surface area contributed by atoms with Gasteiger partial charge in [0.25, 0.3) is 5.91 Å². The summed E-state index contributed by atoms with van der Waals surface area (Å²) in [5, 5.41) is 12.2. The van der Waals surface area contributed by atoms with Crippen LogP contribution >= 0.6 is 23.8 Å². The predicted molar refractivity (Wildman–Crippen MR) is 231 cm³/mol. The molecule has 0 saturated carbocycles. The number of ketones is 1. The molecule has 6 rings (SSSR count). The van der Waals surface area contributed by atoms with Crippen molar-refractivity contribution < 1.29 is 37.1 Å². The van der Waals surface area contributed by atoms with Crippen LogP contribution in [-0.2, 0) is 38.2 Å². The Bertz CT molecular complexity index is 2280. The van der Waals surface area contributed by atoms with Gasteiger partial charge in [-0.15, -0.1) is 0 Å². The normalized spacial score (nSPS) is 21.2. The molecule has 0 spiro atoms. The van der Waals surface area contributed by atoms with Crippen LogP contribution in [0.4, 0.5) is 24.5 Å². The number of ether oxygens (including phenoxy) is 1. The minimum absolute atomic E-state index is 0.0118. The third kappa shape index (κ3) is 10.1. The first kappa shape index (κ1) is 45.6. The summed E-state index contributed by atoms with van der Waals surface area (Å²) in [4.78, 5) is 58.3. The van der Waals surface area contributed by atoms with E-state index in [2.05, 4.69) is 29.0 Å². The van der Waals surface area contributed by atoms with Gasteiger partial charge < -0.3 is 9.64 Å². The molecule has 0 aromatic heterocycles. The smallest absolute Gasteiger partial charge is 0.417 e. The molecule has 0 bridgehead atoms. The summed E-state index contributed by atoms with van der Waals surface area (Å²) >= 11 is 12.2. The Morgan fingerprint density at radius 1 is 1.00 bits per heavy atom. The van der Waals surface area contributed by atoms with E-state index in [1.807, 2.05) is 32.0 Å². The number of hydrogen-bond donors (Lipinski definition) is 1. The Hall–Kier alpha value is -4.88. The van der Waals surface area contributed by atoms with Gasteiger partial charge in [-0.25, -0.2) is 0 Å². The molecule has 3 atom stereocenters. The standard InChI is InChI=1S/C45H50ClF3N6O5S/c1-26(2)37-20-35(55-43(61)54(42(59)44(55,5)6)34-9-7-32(22-50)38(21-34)45(47,48)49)10-11-39(37)60-14-13-52-23-28(4)53(24-27(52)3)25-36(56)19-30-15-29(17-33(46)18-30)16-31-8-12-40(57)51-41(31)58/h7,9-11,15,17-18,20-21,26-28,31H,8,12-14,16,19,23-25H2,1-6H3,(H,51,57,58)/t27-,28-,31?/m1/s1. The van der Waals surface area contributed by atoms with Gasteiger partial charge >= 0.3 is 6.18 Å². The molecule has 16 heteroatoms. The number of carbonyl (C=O) groups is 4. The van der Waals surface area contributed by atoms with Crippen molar-refractivity contribution in [1.29, 1.82) is 5.26 Å². The average molecular weight is 879 g/mol. The number of hydrogen-bond acceptors (Lipinski definition) is 9. The number of piperidine rings is 1. The number of nitrogens with zero attached hydrogens (tertiary/aromatic N) is 5. The highest BCUT2D eigenvalue weighted by Crippen LogP contribution is 2.41. The number of piperazine rings is 1. The molecule has 3 aromatic carbocycles. The van der Waals surface area contributed by atoms with Gasteiger partial charge in [0.15, 0.2) is 10.9 Å². The van der Waals surface area contributed by atoms with Crippen LogP contribution in [0.5, 0.6) is 5.75 Å². The molecule has 3 aliphatic heterocycles. The van der Waals surface area contributed by atoms with Crippen molar-refractivity contribution in [2.45, 2.75) is 96.9 Å². The van der Waals surface area contributed by atoms with Gasteiger partial charge in [-0.3, -0.25) is 39.2 Å². The number of thiocarbonyl (C=S) groups is 1. The first-order valence-corrected chi connectivity index (χ1v) is 21.1. The van der Waals surface area contributed by atoms with E-state index in [4.69, 9.17) is 28.6 Å². The van der Waals surface area contributed by atoms with E-state index < -0.39 is 28.7 Å². The van der Waals surface area contributed by atoms with Crippen LogP contribution < -0.4 is 19.9 Å². The van der Waals surface area contributed by atoms with Crippen molar-refractivity contribution in [3.63, 3.8) is 0 Å². The van der Waals surface area contributed by atoms with E-state index in [0.29, 0.717) is 55.4 Å². The molecule has 11 nitrogen and oxygen atoms in total. The highest BCUT2D eigenvalue weighted by molar-refractivity contribution is 7.81. The summed E-state index contributed by atoms with van der Waals surface area (Å²) in [6.45, 7) is 14.3. The fourth-order valence-electron chi connectivity index (χ4n) is 8.46. The zero-order valence-electron chi connectivity index (χ0n) is 35.1. The van der Waals surface area contributed by atoms with Crippen LogP contribution in [0.3, 0.4) is 0 Å². The maximum atomic E-state index is 13.8. The highest BCUT2D eigenvalue weighted by Gasteiger charge is 2.51. The van der Waals surface area contributed by atoms with Crippen LogP contribution in [0.2, 0.25) is 5.02 Å². The predicted octanol–water partition coefficient (Wildman–Crippen LogP) is 7.45. The molecule has 0 aliphatic carbocycles. The lowest BCUT2D eigenvalue weighted by molar-refractivity contribution is -0.138. The van der Waals surface area contributed by atoms with E-state index >= 15 is 0 Å². The SMILES string of the molecule is CC(C)c1cc(N2C(=S)N(c3ccc(C#N)c(C(F)(F)F)c3)C(=O)C2(C)C)ccc1OCCN1C[C@@H](C)N(CC(=O)Cc2cc(Cl)cc(CC3CCC(=O)NC3=O)c2)C[C@H]1C. The van der Waals surface area contributed by atoms with Gasteiger partial charge in [0.05, 0.1) is 29.4 Å². The van der Waals surface area contributed by atoms with Crippen molar-refractivity contribution in [1.82, 2.24) is 15.1 Å². The second kappa shape index (κ2) is 18.2. The second-order valence-electron chi connectivity index (χ2n) is 17.0. The van der Waals surface area contributed by atoms with Gasteiger partial charge in [-0.1, -0.05) is 31.5 Å². The van der Waals surface area contributed by atoms with Crippen LogP contribution in [0.15, 0.2) is 54.6 Å². The number of alkyl halides is 3. The van der Waals surface area contributed by atoms with E-state index in [-0.39, 0.29) is 65.3 Å². The number of Topliss-reactive ketones (excluding diaryl/α,β-unsaturated/α-hetero) is 1. The van der Waals surface area contributed by atoms with Gasteiger partial charge in [0.1, 0.15) is 17.9 Å². The zero-order valence-corrected chi connectivity index (χ0v) is 36.6. The summed E-state index contributed by atoms with van der Waals surface area (Å²) in [6.07, 6.45) is -3.36. The molecule has 324 valence electrons. The maximum absolute atomic E-state index is 13.8. The largest absolute Gasteiger partial charge is 0.492 e. The van der Waals surface area contributed by atoms with Crippen molar-refractivity contribution in [3.8, 4) is 11.8 Å². The fourth-order valence-corrected chi connectivity index (χ4v) is 9.26. The number of amides is 3. The first-order valence-electron chi connectivity index (χ1n) is 20.4. The number of carbonyl (C=O) groups excluding carboxylic acids is 4. The Morgan fingerprint density at radius 2 is 1.67 bits per heavy atom. The zero-order chi connectivity index (χ0) is 44.6. The summed E-state index contributed by atoms with van der Waals surface area (Å²) in [7, 11) is 0. The van der Waals surface area contributed by atoms with E-state index in [1.165, 1.54) is 6.07 Å². The van der Waals surface area contributed by atoms with E-state index in [1.54, 1.807) is 43.0 Å². The van der Waals surface area contributed by atoms with Crippen LogP contribution in [-0.4, -0.2) is 88.8 Å². The maximum Gasteiger partial charge on any atom is 0.417 e. The number of benzene rings is 3. The number of halogens is 4. The summed E-state index contributed by atoms with van der Waals surface area (Å²) in [6, 6.07) is 16.0. The number of nitrogens with one attached hydrogen (secondary N) is 1. The summed E-state index contributed by atoms with van der Waals surface area (Å²) < 4.78 is 47.9. The number of anilines is 2. The molecule has 3 fully saturated rings. The highest BCUT2D eigenvalue weighted by atomic mass is 35.5. The Kier molecular flexibility index (Phi) is 13.6. The molecule has 1 N–H and O–H groups in total. The number of nitriles is 1. The second-order valence-corrected chi connectivity index (χ2v) is 17.8. The molecule has 1 unspecified atom stereocenters. The topological polar surface area (TPSA) is 126 Å². The summed E-state index contributed by atoms with van der Waals surface area (Å²) in [5.74, 6) is -0.619. The molecular weight excluding hydrogens is 829 g/mol. The van der Waals surface area contributed by atoms with Crippen LogP contribution in [0, 0.1) is 17.2 Å². The molecular formula is C45H50ClF3N6O5S. The monoisotopic (exact) mass is 878 g/mol. The van der Waals surface area contributed by atoms with Crippen LogP contribution in [0.25, 0.3) is 0 Å². The molecule has 3 saturated heterocycles. The van der Waals surface area contributed by atoms with Gasteiger partial charge in [0.2, 0.25) is 11.8 Å². The molecule has 3 amide bonds. The average Bonchev–Trinajstić information content (AvgIpc) is 3.35. The Morgan fingerprint density at radius 3 is 2.34 bits per heavy atom. The Labute approximate surface area is 364 Å². The molecule has 0 radical (unpaired) electrons. The fraction of sp³-hybridized carbons (Fsp3) is 0.467. The van der Waals surface area contributed by atoms with Crippen molar-refractivity contribution in [3.05, 3.63) is 87.4 Å². The summed E-state index contributed by atoms with van der Waals surface area (Å²) in [5.41, 5.74) is 0.0956. The van der Waals surface area contributed by atoms with Gasteiger partial charge in [0, 0.05) is 61.2 Å². The molecule has 3 aromatic rings. The van der Waals surface area contributed by atoms with E-state index in [9.17, 15) is 37.6 Å². The van der Waals surface area contributed by atoms with Crippen molar-refractivity contribution >= 4 is 63.8 Å². The number of rotatable bonds is 13. The minimum Gasteiger partial charge on any atom is -0.492 e. The first-order chi connectivity index (χ1) is 28.7. The van der Waals surface area contributed by atoms with Gasteiger partial charge in [-0.05, 0) is 124 Å². The lowest BCUT2D eigenvalue weighted by Crippen LogP contribution is -2.58. The Balaban J connectivity index is 1.06. The van der Waals surface area contributed by atoms with Crippen LogP contribution in [0.1, 0.15) is 88.1 Å². The lowest BCUT2D eigenvalue weighted by atomic mass is 9.90.